The van der Waals surface area contributed by atoms with Crippen molar-refractivity contribution in [3.63, 3.8) is 0 Å². The zero-order chi connectivity index (χ0) is 21.8. The maximum atomic E-state index is 11.3. The number of hydrogen-bond acceptors (Lipinski definition) is 6. The molecule has 0 fully saturated rings. The first kappa shape index (κ1) is 21.8. The number of methoxy groups -OCH3 is 2. The van der Waals surface area contributed by atoms with Crippen molar-refractivity contribution in [3.05, 3.63) is 66.6 Å². The first-order valence-corrected chi connectivity index (χ1v) is 10.5. The highest BCUT2D eigenvalue weighted by atomic mass is 32.1. The summed E-state index contributed by atoms with van der Waals surface area (Å²) in [5.41, 5.74) is 5.32. The van der Waals surface area contributed by atoms with Crippen LogP contribution in [-0.2, 0) is 12.8 Å². The van der Waals surface area contributed by atoms with Crippen molar-refractivity contribution >= 4 is 11.3 Å². The second-order valence-corrected chi connectivity index (χ2v) is 8.19. The average molecular weight is 430 g/mol. The quantitative estimate of drug-likeness (QED) is 0.558. The van der Waals surface area contributed by atoms with Crippen LogP contribution >= 0.6 is 11.3 Å². The van der Waals surface area contributed by atoms with Gasteiger partial charge in [-0.1, -0.05) is 23.5 Å². The molecule has 1 heterocycles. The molecule has 0 amide bonds. The number of hydrogen-bond donors (Lipinski definition) is 2. The third-order valence-corrected chi connectivity index (χ3v) is 6.20. The van der Waals surface area contributed by atoms with Crippen LogP contribution in [0.5, 0.6) is 23.1 Å². The topological polar surface area (TPSA) is 80.8 Å². The second-order valence-electron chi connectivity index (χ2n) is 7.13. The van der Waals surface area contributed by atoms with E-state index in [2.05, 4.69) is 4.98 Å². The fourth-order valence-electron chi connectivity index (χ4n) is 3.67. The third kappa shape index (κ3) is 4.46. The van der Waals surface area contributed by atoms with E-state index >= 15 is 0 Å². The van der Waals surface area contributed by atoms with Crippen molar-refractivity contribution in [2.24, 2.45) is 0 Å². The summed E-state index contributed by atoms with van der Waals surface area (Å²) in [6.45, 7) is 6.63. The Hall–Kier alpha value is -2.93. The number of aromatic amines is 1. The van der Waals surface area contributed by atoms with E-state index in [0.717, 1.165) is 56.4 Å². The minimum Gasteiger partial charge on any atom is -0.496 e. The van der Waals surface area contributed by atoms with Crippen LogP contribution in [0.15, 0.2) is 29.1 Å². The minimum absolute atomic E-state index is 0.0570. The van der Waals surface area contributed by atoms with Crippen LogP contribution in [0, 0.1) is 20.8 Å². The van der Waals surface area contributed by atoms with Gasteiger partial charge in [0.15, 0.2) is 0 Å². The van der Waals surface area contributed by atoms with Gasteiger partial charge in [-0.15, -0.1) is 0 Å². The van der Waals surface area contributed by atoms with Gasteiger partial charge >= 0.3 is 4.87 Å². The summed E-state index contributed by atoms with van der Waals surface area (Å²) >= 11 is 1.02. The van der Waals surface area contributed by atoms with Crippen molar-refractivity contribution in [1.82, 2.24) is 4.98 Å². The molecular formula is C23H27NO5S. The number of aromatic hydroxyl groups is 1. The first-order valence-electron chi connectivity index (χ1n) is 9.69. The molecule has 0 aliphatic carbocycles. The number of benzene rings is 2. The third-order valence-electron chi connectivity index (χ3n) is 5.33. The van der Waals surface area contributed by atoms with E-state index < -0.39 is 0 Å². The number of nitrogens with one attached hydrogen (secondary N) is 1. The molecule has 0 bridgehead atoms. The Bertz CT molecular complexity index is 1080. The van der Waals surface area contributed by atoms with Crippen molar-refractivity contribution < 1.29 is 19.3 Å². The van der Waals surface area contributed by atoms with Gasteiger partial charge in [0.05, 0.1) is 25.7 Å². The highest BCUT2D eigenvalue weighted by Crippen LogP contribution is 2.37. The van der Waals surface area contributed by atoms with Crippen LogP contribution in [0.25, 0.3) is 0 Å². The van der Waals surface area contributed by atoms with Gasteiger partial charge in [-0.05, 0) is 55.2 Å². The van der Waals surface area contributed by atoms with Crippen molar-refractivity contribution in [2.75, 3.05) is 20.8 Å². The monoisotopic (exact) mass is 429 g/mol. The molecule has 2 N–H and O–H groups in total. The van der Waals surface area contributed by atoms with Crippen LogP contribution < -0.4 is 19.1 Å². The van der Waals surface area contributed by atoms with E-state index in [1.54, 1.807) is 14.2 Å². The van der Waals surface area contributed by atoms with Gasteiger partial charge in [-0.25, -0.2) is 0 Å². The Labute approximate surface area is 180 Å². The minimum atomic E-state index is -0.254. The molecule has 0 saturated heterocycles. The molecule has 6 nitrogen and oxygen atoms in total. The lowest BCUT2D eigenvalue weighted by atomic mass is 9.95. The lowest BCUT2D eigenvalue weighted by Gasteiger charge is -2.20. The molecule has 0 atom stereocenters. The van der Waals surface area contributed by atoms with Crippen LogP contribution in [0.4, 0.5) is 0 Å². The van der Waals surface area contributed by atoms with Gasteiger partial charge in [0.1, 0.15) is 17.2 Å². The van der Waals surface area contributed by atoms with Crippen LogP contribution in [0.3, 0.4) is 0 Å². The number of thiazole rings is 1. The van der Waals surface area contributed by atoms with Crippen LogP contribution in [-0.4, -0.2) is 30.9 Å². The van der Waals surface area contributed by atoms with Gasteiger partial charge in [0, 0.05) is 18.4 Å². The molecule has 0 saturated carbocycles. The summed E-state index contributed by atoms with van der Waals surface area (Å²) in [7, 11) is 3.38. The molecule has 30 heavy (non-hydrogen) atoms. The Morgan fingerprint density at radius 3 is 2.17 bits per heavy atom. The molecule has 160 valence electrons. The van der Waals surface area contributed by atoms with E-state index in [1.165, 1.54) is 0 Å². The molecule has 3 aromatic rings. The molecule has 0 aliphatic rings. The van der Waals surface area contributed by atoms with Gasteiger partial charge in [0.25, 0.3) is 0 Å². The van der Waals surface area contributed by atoms with E-state index in [4.69, 9.17) is 14.2 Å². The lowest BCUT2D eigenvalue weighted by molar-refractivity contribution is 0.317. The standard InChI is InChI=1S/C23H27NO5S/c1-13-14(2)21(28-5)18(15(3)20(13)27-4)10-11-29-17-8-6-16(7-9-17)12-19-22(25)24-23(26)30-19/h6-9,25H,10-12H2,1-5H3,(H,24,26). The average Bonchev–Trinajstić information content (AvgIpc) is 3.04. The van der Waals surface area contributed by atoms with E-state index in [1.807, 2.05) is 45.0 Å². The normalized spacial score (nSPS) is 10.8. The second kappa shape index (κ2) is 9.26. The highest BCUT2D eigenvalue weighted by molar-refractivity contribution is 7.09. The van der Waals surface area contributed by atoms with E-state index in [0.29, 0.717) is 24.3 Å². The fourth-order valence-corrected chi connectivity index (χ4v) is 4.43. The Morgan fingerprint density at radius 2 is 1.60 bits per heavy atom. The summed E-state index contributed by atoms with van der Waals surface area (Å²) in [5.74, 6) is 2.48. The summed E-state index contributed by atoms with van der Waals surface area (Å²) in [5, 5.41) is 9.72. The molecule has 2 aromatic carbocycles. The van der Waals surface area contributed by atoms with Gasteiger partial charge in [-0.3, -0.25) is 9.78 Å². The van der Waals surface area contributed by atoms with Gasteiger partial charge < -0.3 is 19.3 Å². The Balaban J connectivity index is 1.67. The lowest BCUT2D eigenvalue weighted by Crippen LogP contribution is -2.08. The number of H-pyrrole nitrogens is 1. The number of rotatable bonds is 8. The smallest absolute Gasteiger partial charge is 0.307 e. The molecule has 0 radical (unpaired) electrons. The number of ether oxygens (including phenoxy) is 3. The van der Waals surface area contributed by atoms with E-state index in [-0.39, 0.29) is 10.8 Å². The maximum Gasteiger partial charge on any atom is 0.307 e. The summed E-state index contributed by atoms with van der Waals surface area (Å²) in [6.07, 6.45) is 1.19. The number of aromatic nitrogens is 1. The first-order chi connectivity index (χ1) is 14.3. The highest BCUT2D eigenvalue weighted by Gasteiger charge is 2.18. The van der Waals surface area contributed by atoms with Crippen molar-refractivity contribution in [2.45, 2.75) is 33.6 Å². The van der Waals surface area contributed by atoms with Crippen molar-refractivity contribution in [3.8, 4) is 23.1 Å². The Morgan fingerprint density at radius 1 is 0.967 bits per heavy atom. The molecule has 0 aliphatic heterocycles. The van der Waals surface area contributed by atoms with Crippen LogP contribution in [0.2, 0.25) is 0 Å². The molecule has 3 rings (SSSR count). The fraction of sp³-hybridized carbons (Fsp3) is 0.348. The van der Waals surface area contributed by atoms with E-state index in [9.17, 15) is 9.90 Å². The zero-order valence-electron chi connectivity index (χ0n) is 17.9. The zero-order valence-corrected chi connectivity index (χ0v) is 18.7. The summed E-state index contributed by atoms with van der Waals surface area (Å²) < 4.78 is 17.2. The van der Waals surface area contributed by atoms with Gasteiger partial charge in [0.2, 0.25) is 5.88 Å². The molecular weight excluding hydrogens is 402 g/mol. The SMILES string of the molecule is COc1c(C)c(C)c(OC)c(CCOc2ccc(Cc3sc(=O)[nH]c3O)cc2)c1C. The van der Waals surface area contributed by atoms with Gasteiger partial charge in [-0.2, -0.15) is 0 Å². The summed E-state index contributed by atoms with van der Waals surface area (Å²) in [4.78, 5) is 14.1. The Kier molecular flexibility index (Phi) is 6.72. The molecule has 0 unspecified atom stereocenters. The molecule has 0 spiro atoms. The van der Waals surface area contributed by atoms with Crippen LogP contribution in [0.1, 0.15) is 32.7 Å². The van der Waals surface area contributed by atoms with Crippen molar-refractivity contribution in [1.29, 1.82) is 0 Å². The maximum absolute atomic E-state index is 11.3. The predicted octanol–water partition coefficient (Wildman–Crippen LogP) is 4.30. The largest absolute Gasteiger partial charge is 0.496 e. The molecule has 1 aromatic heterocycles. The predicted molar refractivity (Wildman–Crippen MR) is 119 cm³/mol. The summed E-state index contributed by atoms with van der Waals surface area (Å²) in [6, 6.07) is 7.66. The molecule has 7 heteroatoms.